The van der Waals surface area contributed by atoms with E-state index < -0.39 is 0 Å². The summed E-state index contributed by atoms with van der Waals surface area (Å²) in [6.45, 7) is 4.58. The van der Waals surface area contributed by atoms with E-state index in [-0.39, 0.29) is 0 Å². The number of nitrogens with one attached hydrogen (secondary N) is 1. The van der Waals surface area contributed by atoms with Gasteiger partial charge in [0, 0.05) is 6.54 Å². The van der Waals surface area contributed by atoms with Crippen LogP contribution >= 0.6 is 0 Å². The van der Waals surface area contributed by atoms with Crippen molar-refractivity contribution in [1.29, 1.82) is 0 Å². The number of hydrogen-bond donors (Lipinski definition) is 1. The molecule has 23 heavy (non-hydrogen) atoms. The van der Waals surface area contributed by atoms with Gasteiger partial charge in [-0.1, -0.05) is 44.7 Å². The van der Waals surface area contributed by atoms with Crippen LogP contribution in [0.3, 0.4) is 0 Å². The van der Waals surface area contributed by atoms with Crippen molar-refractivity contribution in [2.75, 3.05) is 26.8 Å². The standard InChI is InChI=1S/C20H29NO2/c1-3-4-5-6-7-13-22-19-10-8-18-16-20(23-14-12-21-2)11-9-17(18)15-19/h8-11,15-16,21H,3-7,12-14H2,1-2H3. The number of likely N-dealkylation sites (N-methyl/N-ethyl adjacent to an activating group) is 1. The average Bonchev–Trinajstić information content (AvgIpc) is 2.58. The van der Waals surface area contributed by atoms with Crippen LogP contribution in [0.5, 0.6) is 11.5 Å². The van der Waals surface area contributed by atoms with Gasteiger partial charge in [-0.25, -0.2) is 0 Å². The topological polar surface area (TPSA) is 30.5 Å². The van der Waals surface area contributed by atoms with Crippen molar-refractivity contribution >= 4 is 10.8 Å². The van der Waals surface area contributed by atoms with Crippen LogP contribution in [0, 0.1) is 0 Å². The van der Waals surface area contributed by atoms with Crippen LogP contribution in [0.1, 0.15) is 39.0 Å². The van der Waals surface area contributed by atoms with E-state index in [2.05, 4.69) is 36.5 Å². The summed E-state index contributed by atoms with van der Waals surface area (Å²) in [5.74, 6) is 1.87. The monoisotopic (exact) mass is 315 g/mol. The maximum absolute atomic E-state index is 5.86. The summed E-state index contributed by atoms with van der Waals surface area (Å²) in [6.07, 6.45) is 6.32. The molecule has 0 aromatic heterocycles. The molecule has 0 saturated carbocycles. The number of ether oxygens (including phenoxy) is 2. The summed E-state index contributed by atoms with van der Waals surface area (Å²) in [5.41, 5.74) is 0. The first-order valence-electron chi connectivity index (χ1n) is 8.77. The Morgan fingerprint density at radius 2 is 1.39 bits per heavy atom. The lowest BCUT2D eigenvalue weighted by molar-refractivity contribution is 0.305. The fourth-order valence-electron chi connectivity index (χ4n) is 2.55. The molecule has 0 aliphatic rings. The Morgan fingerprint density at radius 3 is 2.00 bits per heavy atom. The normalized spacial score (nSPS) is 10.9. The maximum Gasteiger partial charge on any atom is 0.120 e. The molecule has 3 nitrogen and oxygen atoms in total. The summed E-state index contributed by atoms with van der Waals surface area (Å²) in [7, 11) is 1.93. The van der Waals surface area contributed by atoms with Crippen LogP contribution in [-0.2, 0) is 0 Å². The van der Waals surface area contributed by atoms with E-state index in [9.17, 15) is 0 Å². The number of fused-ring (bicyclic) bond motifs is 1. The molecule has 0 radical (unpaired) electrons. The lowest BCUT2D eigenvalue weighted by atomic mass is 10.1. The van der Waals surface area contributed by atoms with Crippen LogP contribution in [-0.4, -0.2) is 26.8 Å². The van der Waals surface area contributed by atoms with Crippen molar-refractivity contribution in [3.8, 4) is 11.5 Å². The molecule has 0 saturated heterocycles. The Labute approximate surface area is 140 Å². The molecule has 126 valence electrons. The van der Waals surface area contributed by atoms with Crippen molar-refractivity contribution in [3.63, 3.8) is 0 Å². The van der Waals surface area contributed by atoms with E-state index >= 15 is 0 Å². The van der Waals surface area contributed by atoms with E-state index in [1.54, 1.807) is 0 Å². The highest BCUT2D eigenvalue weighted by Crippen LogP contribution is 2.25. The number of rotatable bonds is 11. The minimum atomic E-state index is 0.682. The van der Waals surface area contributed by atoms with E-state index in [1.807, 2.05) is 19.2 Å². The minimum Gasteiger partial charge on any atom is -0.494 e. The Hall–Kier alpha value is -1.74. The van der Waals surface area contributed by atoms with Gasteiger partial charge in [0.25, 0.3) is 0 Å². The highest BCUT2D eigenvalue weighted by molar-refractivity contribution is 5.85. The van der Waals surface area contributed by atoms with Gasteiger partial charge in [-0.05, 0) is 48.5 Å². The molecule has 0 bridgehead atoms. The summed E-state index contributed by atoms with van der Waals surface area (Å²) >= 11 is 0. The zero-order valence-electron chi connectivity index (χ0n) is 14.4. The Kier molecular flexibility index (Phi) is 7.74. The molecule has 2 aromatic carbocycles. The van der Waals surface area contributed by atoms with Gasteiger partial charge < -0.3 is 14.8 Å². The molecule has 1 N–H and O–H groups in total. The highest BCUT2D eigenvalue weighted by Gasteiger charge is 2.01. The van der Waals surface area contributed by atoms with Gasteiger partial charge >= 0.3 is 0 Å². The maximum atomic E-state index is 5.86. The SMILES string of the molecule is CCCCCCCOc1ccc2cc(OCCNC)ccc2c1. The summed E-state index contributed by atoms with van der Waals surface area (Å²) in [5, 5.41) is 5.45. The molecule has 0 fully saturated rings. The van der Waals surface area contributed by atoms with Crippen molar-refractivity contribution in [3.05, 3.63) is 36.4 Å². The Morgan fingerprint density at radius 1 is 0.783 bits per heavy atom. The first-order chi connectivity index (χ1) is 11.3. The summed E-state index contributed by atoms with van der Waals surface area (Å²) < 4.78 is 11.6. The first-order valence-corrected chi connectivity index (χ1v) is 8.77. The van der Waals surface area contributed by atoms with Crippen LogP contribution in [0.4, 0.5) is 0 Å². The summed E-state index contributed by atoms with van der Waals surface area (Å²) in [6, 6.07) is 12.5. The highest BCUT2D eigenvalue weighted by atomic mass is 16.5. The lowest BCUT2D eigenvalue weighted by Gasteiger charge is -2.09. The van der Waals surface area contributed by atoms with Gasteiger partial charge in [-0.3, -0.25) is 0 Å². The lowest BCUT2D eigenvalue weighted by Crippen LogP contribution is -2.15. The largest absolute Gasteiger partial charge is 0.494 e. The van der Waals surface area contributed by atoms with E-state index in [1.165, 1.54) is 36.5 Å². The Bertz CT molecular complexity index is 583. The molecule has 0 heterocycles. The second-order valence-corrected chi connectivity index (χ2v) is 5.89. The van der Waals surface area contributed by atoms with Gasteiger partial charge in [-0.15, -0.1) is 0 Å². The third-order valence-electron chi connectivity index (χ3n) is 3.92. The molecule has 0 aliphatic heterocycles. The number of hydrogen-bond acceptors (Lipinski definition) is 3. The molecule has 0 unspecified atom stereocenters. The molecule has 2 aromatic rings. The smallest absolute Gasteiger partial charge is 0.120 e. The van der Waals surface area contributed by atoms with Gasteiger partial charge in [0.15, 0.2) is 0 Å². The molecular weight excluding hydrogens is 286 g/mol. The van der Waals surface area contributed by atoms with E-state index in [4.69, 9.17) is 9.47 Å². The average molecular weight is 315 g/mol. The minimum absolute atomic E-state index is 0.682. The van der Waals surface area contributed by atoms with Gasteiger partial charge in [-0.2, -0.15) is 0 Å². The molecule has 0 spiro atoms. The van der Waals surface area contributed by atoms with Crippen molar-refractivity contribution < 1.29 is 9.47 Å². The number of unbranched alkanes of at least 4 members (excludes halogenated alkanes) is 4. The second-order valence-electron chi connectivity index (χ2n) is 5.89. The van der Waals surface area contributed by atoms with Crippen LogP contribution < -0.4 is 14.8 Å². The molecule has 2 rings (SSSR count). The molecule has 3 heteroatoms. The van der Waals surface area contributed by atoms with Crippen molar-refractivity contribution in [2.45, 2.75) is 39.0 Å². The summed E-state index contributed by atoms with van der Waals surface area (Å²) in [4.78, 5) is 0. The molecule has 0 amide bonds. The molecule has 0 aliphatic carbocycles. The first kappa shape index (κ1) is 17.6. The van der Waals surface area contributed by atoms with Crippen molar-refractivity contribution in [1.82, 2.24) is 5.32 Å². The molecular formula is C20H29NO2. The fraction of sp³-hybridized carbons (Fsp3) is 0.500. The van der Waals surface area contributed by atoms with Gasteiger partial charge in [0.2, 0.25) is 0 Å². The molecule has 0 atom stereocenters. The third kappa shape index (κ3) is 6.11. The third-order valence-corrected chi connectivity index (χ3v) is 3.92. The zero-order valence-corrected chi connectivity index (χ0v) is 14.4. The zero-order chi connectivity index (χ0) is 16.3. The Balaban J connectivity index is 1.85. The predicted octanol–water partition coefficient (Wildman–Crippen LogP) is 4.79. The number of benzene rings is 2. The van der Waals surface area contributed by atoms with Crippen LogP contribution in [0.25, 0.3) is 10.8 Å². The van der Waals surface area contributed by atoms with Gasteiger partial charge in [0.1, 0.15) is 18.1 Å². The van der Waals surface area contributed by atoms with Crippen LogP contribution in [0.2, 0.25) is 0 Å². The van der Waals surface area contributed by atoms with E-state index in [0.29, 0.717) is 6.61 Å². The van der Waals surface area contributed by atoms with Crippen molar-refractivity contribution in [2.24, 2.45) is 0 Å². The quantitative estimate of drug-likeness (QED) is 0.605. The predicted molar refractivity (Wildman–Crippen MR) is 97.6 cm³/mol. The van der Waals surface area contributed by atoms with E-state index in [0.717, 1.165) is 31.1 Å². The second kappa shape index (κ2) is 10.1. The van der Waals surface area contributed by atoms with Crippen LogP contribution in [0.15, 0.2) is 36.4 Å². The van der Waals surface area contributed by atoms with Gasteiger partial charge in [0.05, 0.1) is 6.61 Å². The fourth-order valence-corrected chi connectivity index (χ4v) is 2.55.